The van der Waals surface area contributed by atoms with Gasteiger partial charge in [0.05, 0.1) is 9.26 Å². The van der Waals surface area contributed by atoms with E-state index in [2.05, 4.69) is 22.1 Å². The molecule has 0 spiro atoms. The number of fused-ring (bicyclic) bond motifs is 1. The second kappa shape index (κ2) is 4.77. The van der Waals surface area contributed by atoms with Crippen molar-refractivity contribution in [1.82, 2.24) is 9.97 Å². The van der Waals surface area contributed by atoms with Crippen LogP contribution >= 0.6 is 22.6 Å². The fourth-order valence-electron chi connectivity index (χ4n) is 2.13. The Labute approximate surface area is 123 Å². The molecule has 94 valence electrons. The van der Waals surface area contributed by atoms with Gasteiger partial charge in [0, 0.05) is 5.56 Å². The van der Waals surface area contributed by atoms with E-state index < -0.39 is 0 Å². The summed E-state index contributed by atoms with van der Waals surface area (Å²) in [5.74, 6) is 0.625. The molecule has 3 nitrogen and oxygen atoms in total. The molecule has 0 bridgehead atoms. The van der Waals surface area contributed by atoms with Gasteiger partial charge in [-0.05, 0) is 40.3 Å². The molecule has 3 aromatic rings. The number of H-pyrrole nitrogens is 1. The SMILES string of the molecule is Cc1nc(-c2cccc3ccccc23)[nH]c(=O)c1I. The minimum absolute atomic E-state index is 0.0870. The maximum absolute atomic E-state index is 11.9. The van der Waals surface area contributed by atoms with Crippen LogP contribution in [0.15, 0.2) is 47.3 Å². The number of aromatic amines is 1. The van der Waals surface area contributed by atoms with Crippen LogP contribution in [-0.2, 0) is 0 Å². The van der Waals surface area contributed by atoms with Crippen LogP contribution in [0.5, 0.6) is 0 Å². The van der Waals surface area contributed by atoms with Gasteiger partial charge in [-0.2, -0.15) is 0 Å². The zero-order chi connectivity index (χ0) is 13.4. The summed E-state index contributed by atoms with van der Waals surface area (Å²) >= 11 is 2.02. The summed E-state index contributed by atoms with van der Waals surface area (Å²) in [6.07, 6.45) is 0. The van der Waals surface area contributed by atoms with Gasteiger partial charge in [-0.1, -0.05) is 42.5 Å². The molecule has 0 saturated carbocycles. The lowest BCUT2D eigenvalue weighted by Gasteiger charge is -2.07. The van der Waals surface area contributed by atoms with Crippen LogP contribution in [0.3, 0.4) is 0 Å². The molecular weight excluding hydrogens is 351 g/mol. The Morgan fingerprint density at radius 1 is 1.11 bits per heavy atom. The van der Waals surface area contributed by atoms with Crippen LogP contribution in [0.4, 0.5) is 0 Å². The predicted octanol–water partition coefficient (Wildman–Crippen LogP) is 3.50. The molecule has 4 heteroatoms. The number of rotatable bonds is 1. The molecule has 3 rings (SSSR count). The van der Waals surface area contributed by atoms with Crippen LogP contribution in [-0.4, -0.2) is 9.97 Å². The second-order valence-corrected chi connectivity index (χ2v) is 5.42. The largest absolute Gasteiger partial charge is 0.306 e. The van der Waals surface area contributed by atoms with Gasteiger partial charge in [-0.25, -0.2) is 4.98 Å². The number of aromatic nitrogens is 2. The van der Waals surface area contributed by atoms with E-state index >= 15 is 0 Å². The van der Waals surface area contributed by atoms with Crippen molar-refractivity contribution in [3.8, 4) is 11.4 Å². The smallest absolute Gasteiger partial charge is 0.264 e. The highest BCUT2D eigenvalue weighted by molar-refractivity contribution is 14.1. The quantitative estimate of drug-likeness (QED) is 0.674. The van der Waals surface area contributed by atoms with E-state index in [1.54, 1.807) is 0 Å². The van der Waals surface area contributed by atoms with E-state index in [1.807, 2.05) is 59.8 Å². The Balaban J connectivity index is 2.34. The first kappa shape index (κ1) is 12.3. The number of benzene rings is 2. The lowest BCUT2D eigenvalue weighted by molar-refractivity contribution is 1.05. The number of hydrogen-bond donors (Lipinski definition) is 1. The molecule has 0 aliphatic heterocycles. The molecule has 1 N–H and O–H groups in total. The molecule has 0 radical (unpaired) electrons. The zero-order valence-corrected chi connectivity index (χ0v) is 12.4. The van der Waals surface area contributed by atoms with E-state index in [0.29, 0.717) is 9.39 Å². The zero-order valence-electron chi connectivity index (χ0n) is 10.3. The Morgan fingerprint density at radius 2 is 1.84 bits per heavy atom. The maximum atomic E-state index is 11.9. The number of halogens is 1. The molecule has 1 heterocycles. The van der Waals surface area contributed by atoms with Crippen molar-refractivity contribution in [2.24, 2.45) is 0 Å². The molecule has 0 aliphatic carbocycles. The van der Waals surface area contributed by atoms with Crippen molar-refractivity contribution in [3.63, 3.8) is 0 Å². The van der Waals surface area contributed by atoms with Crippen molar-refractivity contribution in [3.05, 3.63) is 62.1 Å². The lowest BCUT2D eigenvalue weighted by atomic mass is 10.0. The first-order chi connectivity index (χ1) is 9.16. The number of aryl methyl sites for hydroxylation is 1. The van der Waals surface area contributed by atoms with Crippen molar-refractivity contribution in [2.45, 2.75) is 6.92 Å². The molecule has 2 aromatic carbocycles. The second-order valence-electron chi connectivity index (χ2n) is 4.34. The van der Waals surface area contributed by atoms with Gasteiger partial charge >= 0.3 is 0 Å². The molecule has 0 amide bonds. The van der Waals surface area contributed by atoms with E-state index in [0.717, 1.165) is 22.0 Å². The molecule has 0 aliphatic rings. The van der Waals surface area contributed by atoms with Gasteiger partial charge in [-0.15, -0.1) is 0 Å². The van der Waals surface area contributed by atoms with Gasteiger partial charge in [0.2, 0.25) is 0 Å². The third-order valence-corrected chi connectivity index (χ3v) is 4.34. The number of nitrogens with zero attached hydrogens (tertiary/aromatic N) is 1. The van der Waals surface area contributed by atoms with Crippen LogP contribution in [0.2, 0.25) is 0 Å². The lowest BCUT2D eigenvalue weighted by Crippen LogP contribution is -2.14. The van der Waals surface area contributed by atoms with Crippen LogP contribution in [0.25, 0.3) is 22.2 Å². The first-order valence-electron chi connectivity index (χ1n) is 5.91. The molecule has 0 atom stereocenters. The fraction of sp³-hybridized carbons (Fsp3) is 0.0667. The van der Waals surface area contributed by atoms with Crippen molar-refractivity contribution in [1.29, 1.82) is 0 Å². The highest BCUT2D eigenvalue weighted by Gasteiger charge is 2.09. The van der Waals surface area contributed by atoms with Crippen molar-refractivity contribution >= 4 is 33.4 Å². The normalized spacial score (nSPS) is 10.8. The van der Waals surface area contributed by atoms with Gasteiger partial charge in [0.1, 0.15) is 5.82 Å². The van der Waals surface area contributed by atoms with Gasteiger partial charge in [0.25, 0.3) is 5.56 Å². The molecule has 0 fully saturated rings. The summed E-state index contributed by atoms with van der Waals surface area (Å²) in [4.78, 5) is 19.2. The molecule has 1 aromatic heterocycles. The maximum Gasteiger partial charge on any atom is 0.264 e. The molecule has 0 saturated heterocycles. The summed E-state index contributed by atoms with van der Waals surface area (Å²) in [5.41, 5.74) is 1.62. The highest BCUT2D eigenvalue weighted by atomic mass is 127. The molecular formula is C15H11IN2O. The topological polar surface area (TPSA) is 45.8 Å². The summed E-state index contributed by atoms with van der Waals surface area (Å²) in [6, 6.07) is 14.1. The summed E-state index contributed by atoms with van der Waals surface area (Å²) < 4.78 is 0.640. The summed E-state index contributed by atoms with van der Waals surface area (Å²) in [6.45, 7) is 1.85. The number of nitrogens with one attached hydrogen (secondary N) is 1. The third-order valence-electron chi connectivity index (χ3n) is 3.07. The van der Waals surface area contributed by atoms with Crippen LogP contribution in [0, 0.1) is 10.5 Å². The van der Waals surface area contributed by atoms with E-state index in [1.165, 1.54) is 0 Å². The average molecular weight is 362 g/mol. The van der Waals surface area contributed by atoms with Gasteiger partial charge < -0.3 is 4.98 Å². The number of hydrogen-bond acceptors (Lipinski definition) is 2. The standard InChI is InChI=1S/C15H11IN2O/c1-9-13(16)15(19)18-14(17-9)12-8-4-6-10-5-2-3-7-11(10)12/h2-8H,1H3,(H,17,18,19). The molecule has 19 heavy (non-hydrogen) atoms. The van der Waals surface area contributed by atoms with E-state index in [4.69, 9.17) is 0 Å². The predicted molar refractivity (Wildman–Crippen MR) is 85.3 cm³/mol. The Bertz CT molecular complexity index is 818. The third kappa shape index (κ3) is 2.16. The summed E-state index contributed by atoms with van der Waals surface area (Å²) in [5, 5.41) is 2.23. The average Bonchev–Trinajstić information content (AvgIpc) is 2.43. The minimum Gasteiger partial charge on any atom is -0.306 e. The molecule has 0 unspecified atom stereocenters. The highest BCUT2D eigenvalue weighted by Crippen LogP contribution is 2.25. The van der Waals surface area contributed by atoms with Gasteiger partial charge in [-0.3, -0.25) is 4.79 Å². The van der Waals surface area contributed by atoms with Gasteiger partial charge in [0.15, 0.2) is 0 Å². The van der Waals surface area contributed by atoms with Crippen molar-refractivity contribution in [2.75, 3.05) is 0 Å². The van der Waals surface area contributed by atoms with E-state index in [9.17, 15) is 4.79 Å². The fourth-order valence-corrected chi connectivity index (χ4v) is 2.39. The Hall–Kier alpha value is -1.69. The Kier molecular flexibility index (Phi) is 3.10. The van der Waals surface area contributed by atoms with Crippen LogP contribution in [0.1, 0.15) is 5.69 Å². The van der Waals surface area contributed by atoms with E-state index in [-0.39, 0.29) is 5.56 Å². The monoisotopic (exact) mass is 362 g/mol. The first-order valence-corrected chi connectivity index (χ1v) is 6.99. The minimum atomic E-state index is -0.0870. The van der Waals surface area contributed by atoms with Crippen LogP contribution < -0.4 is 5.56 Å². The Morgan fingerprint density at radius 3 is 2.63 bits per heavy atom. The summed E-state index contributed by atoms with van der Waals surface area (Å²) in [7, 11) is 0. The van der Waals surface area contributed by atoms with Crippen molar-refractivity contribution < 1.29 is 0 Å².